The molecular weight excluding hydrogens is 232 g/mol. The molecule has 0 saturated heterocycles. The first-order chi connectivity index (χ1) is 8.24. The van der Waals surface area contributed by atoms with Gasteiger partial charge in [-0.25, -0.2) is 0 Å². The third-order valence-electron chi connectivity index (χ3n) is 4.36. The van der Waals surface area contributed by atoms with Gasteiger partial charge in [0.25, 0.3) is 0 Å². The molecule has 2 fully saturated rings. The maximum atomic E-state index is 12.1. The van der Waals surface area contributed by atoms with E-state index in [0.717, 1.165) is 13.0 Å². The molecule has 3 N–H and O–H groups in total. The number of carbonyl (C=O) groups excluding carboxylic acids is 1. The van der Waals surface area contributed by atoms with Crippen LogP contribution in [-0.4, -0.2) is 30.5 Å². The molecule has 98 valence electrons. The van der Waals surface area contributed by atoms with Gasteiger partial charge >= 0.3 is 0 Å². The molecule has 0 radical (unpaired) electrons. The molecule has 2 rings (SSSR count). The molecule has 2 aliphatic rings. The second-order valence-electron chi connectivity index (χ2n) is 5.43. The Morgan fingerprint density at radius 1 is 1.35 bits per heavy atom. The highest BCUT2D eigenvalue weighted by atomic mass is 32.2. The summed E-state index contributed by atoms with van der Waals surface area (Å²) in [6, 6.07) is 0.125. The van der Waals surface area contributed by atoms with Crippen LogP contribution < -0.4 is 11.1 Å². The van der Waals surface area contributed by atoms with Crippen LogP contribution in [0.1, 0.15) is 32.1 Å². The monoisotopic (exact) mass is 256 g/mol. The van der Waals surface area contributed by atoms with Gasteiger partial charge in [-0.3, -0.25) is 4.79 Å². The molecule has 0 aromatic carbocycles. The average molecular weight is 256 g/mol. The Bertz CT molecular complexity index is 270. The topological polar surface area (TPSA) is 55.1 Å². The van der Waals surface area contributed by atoms with Crippen LogP contribution in [0, 0.1) is 17.8 Å². The smallest absolute Gasteiger partial charge is 0.224 e. The molecule has 0 heterocycles. The second kappa shape index (κ2) is 6.10. The lowest BCUT2D eigenvalue weighted by molar-refractivity contribution is -0.127. The summed E-state index contributed by atoms with van der Waals surface area (Å²) < 4.78 is 0. The van der Waals surface area contributed by atoms with E-state index in [-0.39, 0.29) is 17.9 Å². The first-order valence-corrected chi connectivity index (χ1v) is 8.15. The zero-order valence-corrected chi connectivity index (χ0v) is 11.5. The summed E-state index contributed by atoms with van der Waals surface area (Å²) in [5.41, 5.74) is 6.15. The van der Waals surface area contributed by atoms with E-state index in [4.69, 9.17) is 5.73 Å². The van der Waals surface area contributed by atoms with E-state index in [1.165, 1.54) is 31.4 Å². The fourth-order valence-corrected chi connectivity index (χ4v) is 3.92. The van der Waals surface area contributed by atoms with Crippen LogP contribution in [0.2, 0.25) is 0 Å². The second-order valence-corrected chi connectivity index (χ2v) is 6.41. The van der Waals surface area contributed by atoms with Crippen molar-refractivity contribution in [3.8, 4) is 0 Å². The van der Waals surface area contributed by atoms with Crippen molar-refractivity contribution in [2.24, 2.45) is 23.5 Å². The molecule has 0 unspecified atom stereocenters. The summed E-state index contributed by atoms with van der Waals surface area (Å²) in [6.45, 7) is 0.819. The van der Waals surface area contributed by atoms with Crippen molar-refractivity contribution >= 4 is 17.7 Å². The molecule has 17 heavy (non-hydrogen) atoms. The van der Waals surface area contributed by atoms with Crippen molar-refractivity contribution in [1.82, 2.24) is 5.32 Å². The van der Waals surface area contributed by atoms with Gasteiger partial charge in [-0.2, -0.15) is 11.8 Å². The molecule has 0 aliphatic heterocycles. The Kier molecular flexibility index (Phi) is 4.74. The number of unbranched alkanes of at least 4 members (excludes halogenated alkanes) is 1. The Morgan fingerprint density at radius 2 is 2.12 bits per heavy atom. The van der Waals surface area contributed by atoms with E-state index in [1.807, 2.05) is 11.8 Å². The summed E-state index contributed by atoms with van der Waals surface area (Å²) >= 11 is 1.86. The van der Waals surface area contributed by atoms with Crippen LogP contribution in [0.3, 0.4) is 0 Å². The molecule has 4 atom stereocenters. The van der Waals surface area contributed by atoms with Crippen LogP contribution in [0.4, 0.5) is 0 Å². The molecule has 0 spiro atoms. The van der Waals surface area contributed by atoms with Crippen molar-refractivity contribution in [1.29, 1.82) is 0 Å². The van der Waals surface area contributed by atoms with E-state index < -0.39 is 0 Å². The first-order valence-electron chi connectivity index (χ1n) is 6.76. The molecule has 0 aromatic heterocycles. The SMILES string of the molecule is CSCCCCNC(=O)[C@@H]1[C@H]2CC[C@@H](C2)[C@@H]1N. The molecule has 2 saturated carbocycles. The zero-order chi connectivity index (χ0) is 12.3. The van der Waals surface area contributed by atoms with Gasteiger partial charge in [0.05, 0.1) is 5.92 Å². The number of rotatable bonds is 6. The third-order valence-corrected chi connectivity index (χ3v) is 5.05. The van der Waals surface area contributed by atoms with E-state index in [9.17, 15) is 4.79 Å². The van der Waals surface area contributed by atoms with Gasteiger partial charge in [-0.1, -0.05) is 0 Å². The number of thioether (sulfide) groups is 1. The number of nitrogens with two attached hydrogens (primary N) is 1. The highest BCUT2D eigenvalue weighted by molar-refractivity contribution is 7.98. The van der Waals surface area contributed by atoms with Gasteiger partial charge in [-0.15, -0.1) is 0 Å². The van der Waals surface area contributed by atoms with Gasteiger partial charge in [0, 0.05) is 12.6 Å². The predicted octanol–water partition coefficient (Wildman–Crippen LogP) is 1.62. The predicted molar refractivity (Wildman–Crippen MR) is 72.9 cm³/mol. The molecule has 2 aliphatic carbocycles. The molecule has 1 amide bonds. The minimum absolute atomic E-state index is 0.106. The van der Waals surface area contributed by atoms with Crippen LogP contribution in [0.25, 0.3) is 0 Å². The van der Waals surface area contributed by atoms with Gasteiger partial charge in [0.1, 0.15) is 0 Å². The standard InChI is InChI=1S/C13H24N2OS/c1-17-7-3-2-6-15-13(16)11-9-4-5-10(8-9)12(11)14/h9-12H,2-8,14H2,1H3,(H,15,16)/t9-,10-,11+,12-/m0/s1. The minimum Gasteiger partial charge on any atom is -0.356 e. The Morgan fingerprint density at radius 3 is 2.76 bits per heavy atom. The number of hydrogen-bond donors (Lipinski definition) is 2. The first kappa shape index (κ1) is 13.2. The number of hydrogen-bond acceptors (Lipinski definition) is 3. The average Bonchev–Trinajstić information content (AvgIpc) is 2.89. The molecule has 3 nitrogen and oxygen atoms in total. The fourth-order valence-electron chi connectivity index (χ4n) is 3.43. The molecule has 4 heteroatoms. The summed E-state index contributed by atoms with van der Waals surface area (Å²) in [7, 11) is 0. The highest BCUT2D eigenvalue weighted by Crippen LogP contribution is 2.47. The van der Waals surface area contributed by atoms with E-state index in [0.29, 0.717) is 11.8 Å². The normalized spacial score (nSPS) is 35.2. The summed E-state index contributed by atoms with van der Waals surface area (Å²) in [5.74, 6) is 2.69. The number of fused-ring (bicyclic) bond motifs is 2. The third kappa shape index (κ3) is 2.97. The lowest BCUT2D eigenvalue weighted by atomic mass is 9.84. The Hall–Kier alpha value is -0.220. The number of amides is 1. The molecular formula is C13H24N2OS. The summed E-state index contributed by atoms with van der Waals surface area (Å²) in [5, 5.41) is 3.07. The van der Waals surface area contributed by atoms with E-state index in [1.54, 1.807) is 0 Å². The van der Waals surface area contributed by atoms with Crippen molar-refractivity contribution < 1.29 is 4.79 Å². The molecule has 0 aromatic rings. The van der Waals surface area contributed by atoms with Crippen LogP contribution in [0.15, 0.2) is 0 Å². The quantitative estimate of drug-likeness (QED) is 0.710. The van der Waals surface area contributed by atoms with Gasteiger partial charge in [0.2, 0.25) is 5.91 Å². The number of nitrogens with one attached hydrogen (secondary N) is 1. The highest BCUT2D eigenvalue weighted by Gasteiger charge is 2.48. The van der Waals surface area contributed by atoms with E-state index in [2.05, 4.69) is 11.6 Å². The summed E-state index contributed by atoms with van der Waals surface area (Å²) in [6.07, 6.45) is 8.03. The van der Waals surface area contributed by atoms with Gasteiger partial charge < -0.3 is 11.1 Å². The fraction of sp³-hybridized carbons (Fsp3) is 0.923. The maximum absolute atomic E-state index is 12.1. The minimum atomic E-state index is 0.106. The van der Waals surface area contributed by atoms with Gasteiger partial charge in [-0.05, 0) is 55.9 Å². The van der Waals surface area contributed by atoms with Gasteiger partial charge in [0.15, 0.2) is 0 Å². The lowest BCUT2D eigenvalue weighted by Gasteiger charge is -2.27. The maximum Gasteiger partial charge on any atom is 0.224 e. The Balaban J connectivity index is 1.69. The van der Waals surface area contributed by atoms with Crippen molar-refractivity contribution in [3.05, 3.63) is 0 Å². The number of carbonyl (C=O) groups is 1. The molecule has 2 bridgehead atoms. The lowest BCUT2D eigenvalue weighted by Crippen LogP contribution is -2.45. The van der Waals surface area contributed by atoms with Crippen molar-refractivity contribution in [2.75, 3.05) is 18.6 Å². The zero-order valence-electron chi connectivity index (χ0n) is 10.7. The largest absolute Gasteiger partial charge is 0.356 e. The van der Waals surface area contributed by atoms with E-state index >= 15 is 0 Å². The van der Waals surface area contributed by atoms with Crippen LogP contribution >= 0.6 is 11.8 Å². The van der Waals surface area contributed by atoms with Crippen molar-refractivity contribution in [2.45, 2.75) is 38.1 Å². The Labute approximate surface area is 108 Å². The van der Waals surface area contributed by atoms with Crippen LogP contribution in [-0.2, 0) is 4.79 Å². The van der Waals surface area contributed by atoms with Crippen LogP contribution in [0.5, 0.6) is 0 Å². The van der Waals surface area contributed by atoms with Crippen molar-refractivity contribution in [3.63, 3.8) is 0 Å². The summed E-state index contributed by atoms with van der Waals surface area (Å²) in [4.78, 5) is 12.1.